The van der Waals surface area contributed by atoms with Gasteiger partial charge in [0.2, 0.25) is 5.91 Å². The Kier molecular flexibility index (Phi) is 3.77. The molecule has 3 atom stereocenters. The largest absolute Gasteiger partial charge is 0.352 e. The minimum Gasteiger partial charge on any atom is -0.352 e. The maximum absolute atomic E-state index is 11.9. The van der Waals surface area contributed by atoms with E-state index in [2.05, 4.69) is 26.1 Å². The average molecular weight is 212 g/mol. The van der Waals surface area contributed by atoms with Gasteiger partial charge in [0.15, 0.2) is 0 Å². The molecule has 88 valence electrons. The molecule has 0 spiro atoms. The number of carbonyl (C=O) groups excluding carboxylic acids is 1. The third-order valence-electron chi connectivity index (χ3n) is 3.77. The van der Waals surface area contributed by atoms with Crippen LogP contribution in [0, 0.1) is 11.8 Å². The molecule has 1 rings (SSSR count). The molecule has 0 aromatic rings. The molecule has 0 bridgehead atoms. The summed E-state index contributed by atoms with van der Waals surface area (Å²) >= 11 is 0. The summed E-state index contributed by atoms with van der Waals surface area (Å²) in [7, 11) is 0. The fraction of sp³-hybridized carbons (Fsp3) is 0.917. The molecule has 1 aliphatic rings. The van der Waals surface area contributed by atoms with E-state index in [0.717, 1.165) is 19.3 Å². The van der Waals surface area contributed by atoms with Crippen molar-refractivity contribution in [1.82, 2.24) is 5.32 Å². The van der Waals surface area contributed by atoms with Crippen LogP contribution < -0.4 is 11.1 Å². The van der Waals surface area contributed by atoms with Gasteiger partial charge in [-0.3, -0.25) is 4.79 Å². The summed E-state index contributed by atoms with van der Waals surface area (Å²) in [5.41, 5.74) is 5.38. The van der Waals surface area contributed by atoms with E-state index in [4.69, 9.17) is 5.73 Å². The van der Waals surface area contributed by atoms with Gasteiger partial charge in [-0.05, 0) is 38.5 Å². The molecule has 0 aromatic heterocycles. The van der Waals surface area contributed by atoms with Gasteiger partial charge in [0.25, 0.3) is 0 Å². The quantitative estimate of drug-likeness (QED) is 0.728. The predicted molar refractivity (Wildman–Crippen MR) is 62.4 cm³/mol. The van der Waals surface area contributed by atoms with Gasteiger partial charge >= 0.3 is 0 Å². The van der Waals surface area contributed by atoms with Gasteiger partial charge in [-0.2, -0.15) is 0 Å². The van der Waals surface area contributed by atoms with Crippen LogP contribution in [0.4, 0.5) is 0 Å². The highest BCUT2D eigenvalue weighted by Crippen LogP contribution is 2.38. The minimum atomic E-state index is -0.665. The van der Waals surface area contributed by atoms with Gasteiger partial charge in [0.05, 0.1) is 5.54 Å². The maximum atomic E-state index is 11.9. The van der Waals surface area contributed by atoms with E-state index in [1.807, 2.05) is 6.92 Å². The Labute approximate surface area is 92.8 Å². The van der Waals surface area contributed by atoms with E-state index < -0.39 is 5.54 Å². The SMILES string of the molecule is CCC(C)C(C)NC(=O)C(C)(N)C1CC1. The fourth-order valence-electron chi connectivity index (χ4n) is 1.73. The topological polar surface area (TPSA) is 55.1 Å². The Hall–Kier alpha value is -0.570. The summed E-state index contributed by atoms with van der Waals surface area (Å²) in [6.45, 7) is 8.18. The zero-order chi connectivity index (χ0) is 11.6. The van der Waals surface area contributed by atoms with Gasteiger partial charge in [0.1, 0.15) is 0 Å². The highest BCUT2D eigenvalue weighted by atomic mass is 16.2. The van der Waals surface area contributed by atoms with Crippen molar-refractivity contribution < 1.29 is 4.79 Å². The highest BCUT2D eigenvalue weighted by Gasteiger charge is 2.44. The van der Waals surface area contributed by atoms with Crippen molar-refractivity contribution in [2.75, 3.05) is 0 Å². The first-order valence-electron chi connectivity index (χ1n) is 5.99. The molecular formula is C12H24N2O. The van der Waals surface area contributed by atoms with Crippen LogP contribution in [0.2, 0.25) is 0 Å². The normalized spacial score (nSPS) is 24.1. The van der Waals surface area contributed by atoms with E-state index in [1.54, 1.807) is 0 Å². The van der Waals surface area contributed by atoms with Gasteiger partial charge in [0, 0.05) is 6.04 Å². The summed E-state index contributed by atoms with van der Waals surface area (Å²) in [5, 5.41) is 3.03. The summed E-state index contributed by atoms with van der Waals surface area (Å²) in [5.74, 6) is 0.906. The molecule has 1 amide bonds. The number of carbonyl (C=O) groups is 1. The molecule has 3 heteroatoms. The van der Waals surface area contributed by atoms with E-state index >= 15 is 0 Å². The van der Waals surface area contributed by atoms with Crippen LogP contribution in [-0.4, -0.2) is 17.5 Å². The van der Waals surface area contributed by atoms with Crippen molar-refractivity contribution in [1.29, 1.82) is 0 Å². The monoisotopic (exact) mass is 212 g/mol. The van der Waals surface area contributed by atoms with Crippen LogP contribution in [0.1, 0.15) is 47.0 Å². The van der Waals surface area contributed by atoms with Crippen molar-refractivity contribution >= 4 is 5.91 Å². The number of nitrogens with one attached hydrogen (secondary N) is 1. The van der Waals surface area contributed by atoms with Gasteiger partial charge in [-0.1, -0.05) is 20.3 Å². The van der Waals surface area contributed by atoms with Crippen molar-refractivity contribution in [2.45, 2.75) is 58.5 Å². The minimum absolute atomic E-state index is 0.0119. The molecule has 3 N–H and O–H groups in total. The molecule has 1 saturated carbocycles. The third-order valence-corrected chi connectivity index (χ3v) is 3.77. The maximum Gasteiger partial charge on any atom is 0.240 e. The van der Waals surface area contributed by atoms with Crippen molar-refractivity contribution in [3.8, 4) is 0 Å². The van der Waals surface area contributed by atoms with Crippen LogP contribution in [0.15, 0.2) is 0 Å². The van der Waals surface area contributed by atoms with E-state index in [0.29, 0.717) is 11.8 Å². The smallest absolute Gasteiger partial charge is 0.240 e. The lowest BCUT2D eigenvalue weighted by atomic mass is 9.94. The van der Waals surface area contributed by atoms with E-state index in [-0.39, 0.29) is 11.9 Å². The zero-order valence-corrected chi connectivity index (χ0v) is 10.3. The first kappa shape index (κ1) is 12.5. The standard InChI is InChI=1S/C12H24N2O/c1-5-8(2)9(3)14-11(15)12(4,13)10-6-7-10/h8-10H,5-7,13H2,1-4H3,(H,14,15). The molecule has 3 unspecified atom stereocenters. The summed E-state index contributed by atoms with van der Waals surface area (Å²) in [4.78, 5) is 11.9. The number of hydrogen-bond donors (Lipinski definition) is 2. The lowest BCUT2D eigenvalue weighted by Gasteiger charge is -2.28. The first-order valence-corrected chi connectivity index (χ1v) is 5.99. The van der Waals surface area contributed by atoms with Crippen molar-refractivity contribution in [3.05, 3.63) is 0 Å². The molecule has 1 fully saturated rings. The number of nitrogens with two attached hydrogens (primary N) is 1. The Morgan fingerprint density at radius 1 is 1.53 bits per heavy atom. The molecule has 0 radical (unpaired) electrons. The number of hydrogen-bond acceptors (Lipinski definition) is 2. The molecule has 3 nitrogen and oxygen atoms in total. The molecule has 1 aliphatic carbocycles. The number of amides is 1. The van der Waals surface area contributed by atoms with Crippen LogP contribution in [0.25, 0.3) is 0 Å². The second-order valence-corrected chi connectivity index (χ2v) is 5.20. The fourth-order valence-corrected chi connectivity index (χ4v) is 1.73. The Balaban J connectivity index is 2.47. The summed E-state index contributed by atoms with van der Waals surface area (Å²) < 4.78 is 0. The Morgan fingerprint density at radius 3 is 2.47 bits per heavy atom. The van der Waals surface area contributed by atoms with E-state index in [9.17, 15) is 4.79 Å². The Morgan fingerprint density at radius 2 is 2.07 bits per heavy atom. The molecule has 0 aliphatic heterocycles. The molecule has 0 saturated heterocycles. The van der Waals surface area contributed by atoms with Gasteiger partial charge in [-0.15, -0.1) is 0 Å². The second kappa shape index (κ2) is 4.52. The molecule has 0 aromatic carbocycles. The molecule has 15 heavy (non-hydrogen) atoms. The third kappa shape index (κ3) is 2.94. The first-order chi connectivity index (χ1) is 6.89. The van der Waals surface area contributed by atoms with E-state index in [1.165, 1.54) is 0 Å². The lowest BCUT2D eigenvalue weighted by Crippen LogP contribution is -2.56. The van der Waals surface area contributed by atoms with Crippen molar-refractivity contribution in [3.63, 3.8) is 0 Å². The summed E-state index contributed by atoms with van der Waals surface area (Å²) in [6.07, 6.45) is 3.27. The van der Waals surface area contributed by atoms with Crippen LogP contribution in [-0.2, 0) is 4.79 Å². The lowest BCUT2D eigenvalue weighted by molar-refractivity contribution is -0.127. The Bertz CT molecular complexity index is 234. The van der Waals surface area contributed by atoms with Gasteiger partial charge < -0.3 is 11.1 Å². The molecule has 0 heterocycles. The zero-order valence-electron chi connectivity index (χ0n) is 10.3. The second-order valence-electron chi connectivity index (χ2n) is 5.20. The number of rotatable bonds is 5. The van der Waals surface area contributed by atoms with Crippen LogP contribution in [0.3, 0.4) is 0 Å². The highest BCUT2D eigenvalue weighted by molar-refractivity contribution is 5.86. The van der Waals surface area contributed by atoms with Crippen LogP contribution in [0.5, 0.6) is 0 Å². The van der Waals surface area contributed by atoms with Gasteiger partial charge in [-0.25, -0.2) is 0 Å². The van der Waals surface area contributed by atoms with Crippen molar-refractivity contribution in [2.24, 2.45) is 17.6 Å². The van der Waals surface area contributed by atoms with Crippen LogP contribution >= 0.6 is 0 Å². The predicted octanol–water partition coefficient (Wildman–Crippen LogP) is 1.66. The summed E-state index contributed by atoms with van der Waals surface area (Å²) in [6, 6.07) is 0.212. The molecular weight excluding hydrogens is 188 g/mol. The average Bonchev–Trinajstić information content (AvgIpc) is 2.99.